The third-order valence-electron chi connectivity index (χ3n) is 5.20. The Kier molecular flexibility index (Phi) is 9.38. The zero-order valence-electron chi connectivity index (χ0n) is 20.0. The number of hydrogen-bond acceptors (Lipinski definition) is 6. The molecular formula is C27H25F2NO5P+. The van der Waals surface area contributed by atoms with Gasteiger partial charge < -0.3 is 9.84 Å². The lowest BCUT2D eigenvalue weighted by Crippen LogP contribution is -2.17. The highest BCUT2D eigenvalue weighted by Gasteiger charge is 2.25. The van der Waals surface area contributed by atoms with E-state index in [4.69, 9.17) is 4.74 Å². The zero-order chi connectivity index (χ0) is 26.2. The fraction of sp³-hybridized carbons (Fsp3) is 0.259. The van der Waals surface area contributed by atoms with Gasteiger partial charge in [0.05, 0.1) is 24.8 Å². The standard InChI is InChI=1S/C27H25F2NO5P/c1-17(2)26-22(13-14-35-23(32)15-21(31)16-36(33)34-3)24(18-9-11-20(28)12-10-18)25(29)27(30-26)19-7-5-4-6-8-19/h4-12,17,21,31H,15-16H2,1-3H3/q+1. The number of nitrogens with zero attached hydrogens (tertiary/aromatic N) is 1. The zero-order valence-corrected chi connectivity index (χ0v) is 20.9. The van der Waals surface area contributed by atoms with Crippen LogP contribution in [0.1, 0.15) is 37.4 Å². The molecule has 1 aromatic heterocycles. The second-order valence-corrected chi connectivity index (χ2v) is 9.59. The second-order valence-electron chi connectivity index (χ2n) is 8.19. The molecule has 0 radical (unpaired) electrons. The Balaban J connectivity index is 2.06. The van der Waals surface area contributed by atoms with E-state index in [2.05, 4.69) is 21.5 Å². The average Bonchev–Trinajstić information content (AvgIpc) is 2.85. The quantitative estimate of drug-likeness (QED) is 0.233. The van der Waals surface area contributed by atoms with Crippen molar-refractivity contribution in [1.82, 2.24) is 4.98 Å². The van der Waals surface area contributed by atoms with Gasteiger partial charge in [-0.3, -0.25) is 4.79 Å². The molecule has 0 aliphatic rings. The predicted octanol–water partition coefficient (Wildman–Crippen LogP) is 5.81. The lowest BCUT2D eigenvalue weighted by molar-refractivity contribution is -0.138. The number of aromatic nitrogens is 1. The van der Waals surface area contributed by atoms with E-state index in [1.165, 1.54) is 31.4 Å². The van der Waals surface area contributed by atoms with Gasteiger partial charge in [-0.1, -0.05) is 56.3 Å². The predicted molar refractivity (Wildman–Crippen MR) is 132 cm³/mol. The van der Waals surface area contributed by atoms with Gasteiger partial charge in [-0.2, -0.15) is 0 Å². The highest BCUT2D eigenvalue weighted by Crippen LogP contribution is 2.36. The minimum atomic E-state index is -2.09. The Morgan fingerprint density at radius 2 is 1.75 bits per heavy atom. The lowest BCUT2D eigenvalue weighted by Gasteiger charge is -2.17. The molecule has 3 rings (SSSR count). The highest BCUT2D eigenvalue weighted by molar-refractivity contribution is 7.39. The summed E-state index contributed by atoms with van der Waals surface area (Å²) in [6.07, 6.45) is 0.384. The molecule has 1 heterocycles. The second kappa shape index (κ2) is 12.5. The minimum Gasteiger partial charge on any atom is -0.388 e. The summed E-state index contributed by atoms with van der Waals surface area (Å²) in [4.78, 5) is 16.6. The first-order valence-electron chi connectivity index (χ1n) is 11.1. The number of carbonyl (C=O) groups is 1. The molecule has 0 aliphatic carbocycles. The molecule has 186 valence electrons. The van der Waals surface area contributed by atoms with Crippen LogP contribution in [0.3, 0.4) is 0 Å². The Morgan fingerprint density at radius 1 is 1.08 bits per heavy atom. The molecule has 0 bridgehead atoms. The molecule has 1 N–H and O–H groups in total. The summed E-state index contributed by atoms with van der Waals surface area (Å²) >= 11 is 0. The van der Waals surface area contributed by atoms with Crippen molar-refractivity contribution in [1.29, 1.82) is 0 Å². The largest absolute Gasteiger partial charge is 0.510 e. The molecule has 2 unspecified atom stereocenters. The summed E-state index contributed by atoms with van der Waals surface area (Å²) in [6, 6.07) is 14.1. The summed E-state index contributed by atoms with van der Waals surface area (Å²) in [7, 11) is -0.856. The minimum absolute atomic E-state index is 0.105. The van der Waals surface area contributed by atoms with Crippen LogP contribution in [0.25, 0.3) is 22.4 Å². The number of halogens is 2. The van der Waals surface area contributed by atoms with E-state index < -0.39 is 38.2 Å². The van der Waals surface area contributed by atoms with Gasteiger partial charge in [-0.15, -0.1) is 4.52 Å². The molecule has 0 saturated heterocycles. The van der Waals surface area contributed by atoms with Crippen molar-refractivity contribution in [3.05, 3.63) is 77.5 Å². The maximum Gasteiger partial charge on any atom is 0.510 e. The lowest BCUT2D eigenvalue weighted by atomic mass is 9.92. The molecule has 0 saturated carbocycles. The number of aliphatic hydroxyl groups excluding tert-OH is 1. The molecule has 36 heavy (non-hydrogen) atoms. The van der Waals surface area contributed by atoms with Crippen LogP contribution < -0.4 is 0 Å². The number of pyridine rings is 1. The van der Waals surface area contributed by atoms with Crippen LogP contribution in [0.5, 0.6) is 0 Å². The van der Waals surface area contributed by atoms with Gasteiger partial charge in [-0.25, -0.2) is 13.8 Å². The van der Waals surface area contributed by atoms with Gasteiger partial charge in [0, 0.05) is 11.1 Å². The number of rotatable bonds is 8. The van der Waals surface area contributed by atoms with Gasteiger partial charge in [-0.05, 0) is 34.1 Å². The average molecular weight is 512 g/mol. The van der Waals surface area contributed by atoms with Gasteiger partial charge in [0.2, 0.25) is 6.16 Å². The van der Waals surface area contributed by atoms with Crippen molar-refractivity contribution in [2.24, 2.45) is 0 Å². The molecule has 2 atom stereocenters. The summed E-state index contributed by atoms with van der Waals surface area (Å²) in [5.41, 5.74) is 1.84. The summed E-state index contributed by atoms with van der Waals surface area (Å²) in [5.74, 6) is 0.546. The molecule has 0 fully saturated rings. The third kappa shape index (κ3) is 6.79. The molecular weight excluding hydrogens is 487 g/mol. The third-order valence-corrected chi connectivity index (χ3v) is 6.33. The first kappa shape index (κ1) is 27.1. The van der Waals surface area contributed by atoms with E-state index in [-0.39, 0.29) is 28.9 Å². The fourth-order valence-corrected chi connectivity index (χ4v) is 4.10. The van der Waals surface area contributed by atoms with Gasteiger partial charge in [0.25, 0.3) is 0 Å². The van der Waals surface area contributed by atoms with Gasteiger partial charge in [0.1, 0.15) is 23.7 Å². The van der Waals surface area contributed by atoms with Crippen LogP contribution in [0.15, 0.2) is 54.6 Å². The van der Waals surface area contributed by atoms with Crippen molar-refractivity contribution >= 4 is 14.0 Å². The van der Waals surface area contributed by atoms with E-state index >= 15 is 4.39 Å². The Labute approximate surface area is 209 Å². The van der Waals surface area contributed by atoms with Crippen LogP contribution in [0, 0.1) is 23.7 Å². The van der Waals surface area contributed by atoms with Gasteiger partial charge >= 0.3 is 14.0 Å². The summed E-state index contributed by atoms with van der Waals surface area (Å²) in [5, 5.41) is 9.84. The Hall–Kier alpha value is -3.50. The number of esters is 1. The topological polar surface area (TPSA) is 85.7 Å². The summed E-state index contributed by atoms with van der Waals surface area (Å²) in [6.45, 7) is 3.74. The maximum absolute atomic E-state index is 16.0. The van der Waals surface area contributed by atoms with E-state index in [0.717, 1.165) is 0 Å². The van der Waals surface area contributed by atoms with Crippen molar-refractivity contribution in [2.75, 3.05) is 13.3 Å². The first-order valence-corrected chi connectivity index (χ1v) is 12.5. The maximum atomic E-state index is 16.0. The van der Waals surface area contributed by atoms with Gasteiger partial charge in [0.15, 0.2) is 5.82 Å². The van der Waals surface area contributed by atoms with Crippen molar-refractivity contribution in [2.45, 2.75) is 32.3 Å². The van der Waals surface area contributed by atoms with E-state index in [1.54, 1.807) is 24.3 Å². The normalized spacial score (nSPS) is 12.0. The number of carbonyl (C=O) groups excluding carboxylic acids is 1. The van der Waals surface area contributed by atoms with Crippen molar-refractivity contribution in [3.63, 3.8) is 0 Å². The smallest absolute Gasteiger partial charge is 0.388 e. The van der Waals surface area contributed by atoms with Crippen LogP contribution in [0.2, 0.25) is 0 Å². The summed E-state index contributed by atoms with van der Waals surface area (Å²) < 4.78 is 50.5. The number of aliphatic hydroxyl groups is 1. The molecule has 0 spiro atoms. The molecule has 2 aromatic carbocycles. The molecule has 0 amide bonds. The van der Waals surface area contributed by atoms with Crippen LogP contribution in [-0.2, 0) is 18.6 Å². The molecule has 9 heteroatoms. The SMILES string of the molecule is CO[P+](=O)CC(O)CC(=O)OC#Cc1c(C(C)C)nc(-c2ccccc2)c(F)c1-c1ccc(F)cc1. The monoisotopic (exact) mass is 512 g/mol. The van der Waals surface area contributed by atoms with Crippen LogP contribution in [0.4, 0.5) is 8.78 Å². The van der Waals surface area contributed by atoms with E-state index in [1.807, 2.05) is 19.9 Å². The Morgan fingerprint density at radius 3 is 2.36 bits per heavy atom. The molecule has 6 nitrogen and oxygen atoms in total. The molecule has 3 aromatic rings. The fourth-order valence-electron chi connectivity index (χ4n) is 3.48. The number of hydrogen-bond donors (Lipinski definition) is 1. The van der Waals surface area contributed by atoms with Crippen LogP contribution in [-0.4, -0.2) is 35.4 Å². The number of ether oxygens (including phenoxy) is 1. The van der Waals surface area contributed by atoms with E-state index in [9.17, 15) is 18.9 Å². The van der Waals surface area contributed by atoms with E-state index in [0.29, 0.717) is 16.8 Å². The Bertz CT molecular complexity index is 1300. The highest BCUT2D eigenvalue weighted by atomic mass is 31.1. The number of benzene rings is 2. The van der Waals surface area contributed by atoms with Crippen LogP contribution >= 0.6 is 8.03 Å². The van der Waals surface area contributed by atoms with Crippen molar-refractivity contribution < 1.29 is 32.5 Å². The first-order chi connectivity index (χ1) is 17.2. The van der Waals surface area contributed by atoms with Crippen molar-refractivity contribution in [3.8, 4) is 34.4 Å². The molecule has 0 aliphatic heterocycles.